The van der Waals surface area contributed by atoms with Gasteiger partial charge in [0.05, 0.1) is 22.4 Å². The number of carbonyl (C=O) groups excluding carboxylic acids is 2. The van der Waals surface area contributed by atoms with Gasteiger partial charge in [0.1, 0.15) is 11.7 Å². The summed E-state index contributed by atoms with van der Waals surface area (Å²) in [6, 6.07) is 17.5. The van der Waals surface area contributed by atoms with Crippen molar-refractivity contribution in [2.24, 2.45) is 5.92 Å². The van der Waals surface area contributed by atoms with Gasteiger partial charge in [-0.1, -0.05) is 53.0 Å². The second-order valence-electron chi connectivity index (χ2n) is 7.47. The monoisotopic (exact) mass is 488 g/mol. The van der Waals surface area contributed by atoms with Gasteiger partial charge in [0, 0.05) is 15.6 Å². The Morgan fingerprint density at radius 1 is 0.812 bits per heavy atom. The minimum Gasteiger partial charge on any atom is -0.506 e. The van der Waals surface area contributed by atoms with Crippen LogP contribution in [-0.2, 0) is 14.4 Å². The highest BCUT2D eigenvalue weighted by Crippen LogP contribution is 2.50. The third kappa shape index (κ3) is 3.31. The van der Waals surface area contributed by atoms with Crippen molar-refractivity contribution in [3.8, 4) is 5.75 Å². The van der Waals surface area contributed by atoms with Crippen molar-refractivity contribution in [2.45, 2.75) is 12.1 Å². The number of amides is 2. The second-order valence-corrected chi connectivity index (χ2v) is 8.75. The molecule has 3 unspecified atom stereocenters. The number of carbonyl (C=O) groups is 2. The summed E-state index contributed by atoms with van der Waals surface area (Å²) in [5, 5.41) is 13.0. The number of hydrogen-bond donors (Lipinski definition) is 1. The van der Waals surface area contributed by atoms with Gasteiger partial charge < -0.3 is 5.11 Å². The number of imide groups is 1. The number of rotatable bonds is 3. The first-order chi connectivity index (χ1) is 15.4. The summed E-state index contributed by atoms with van der Waals surface area (Å²) in [5.74, 6) is -2.12. The first-order valence-corrected chi connectivity index (χ1v) is 10.8. The maximum absolute atomic E-state index is 13.5. The van der Waals surface area contributed by atoms with Crippen LogP contribution in [0.5, 0.6) is 5.75 Å². The summed E-state index contributed by atoms with van der Waals surface area (Å²) in [6.45, 7) is 0. The Labute approximate surface area is 198 Å². The van der Waals surface area contributed by atoms with Gasteiger partial charge in [-0.25, -0.2) is 9.96 Å². The standard InChI is InChI=1S/C23H15Cl3N2O4/c24-12-6-8-14(9-7-12)27-22(30)18-19(16-10-13(25)11-17(26)20(16)29)28(32-21(18)23(27)31)15-4-2-1-3-5-15/h1-11,18-19,21,29H. The minimum absolute atomic E-state index is 0.0373. The molecule has 3 atom stereocenters. The van der Waals surface area contributed by atoms with Crippen LogP contribution in [-0.4, -0.2) is 23.0 Å². The number of benzene rings is 3. The number of nitrogens with zero attached hydrogens (tertiary/aromatic N) is 2. The molecule has 0 aliphatic carbocycles. The molecule has 6 nitrogen and oxygen atoms in total. The molecule has 0 spiro atoms. The Morgan fingerprint density at radius 3 is 2.19 bits per heavy atom. The minimum atomic E-state index is -1.08. The number of halogens is 3. The summed E-state index contributed by atoms with van der Waals surface area (Å²) in [4.78, 5) is 33.9. The molecule has 0 bridgehead atoms. The lowest BCUT2D eigenvalue weighted by molar-refractivity contribution is -0.126. The van der Waals surface area contributed by atoms with Gasteiger partial charge in [-0.05, 0) is 48.5 Å². The van der Waals surface area contributed by atoms with E-state index in [0.717, 1.165) is 4.90 Å². The lowest BCUT2D eigenvalue weighted by atomic mass is 9.90. The lowest BCUT2D eigenvalue weighted by Crippen LogP contribution is -2.37. The number of phenols is 1. The number of fused-ring (bicyclic) bond motifs is 1. The van der Waals surface area contributed by atoms with E-state index >= 15 is 0 Å². The van der Waals surface area contributed by atoms with Gasteiger partial charge in [-0.15, -0.1) is 0 Å². The normalized spacial score (nSPS) is 22.5. The van der Waals surface area contributed by atoms with Crippen LogP contribution in [0.25, 0.3) is 0 Å². The van der Waals surface area contributed by atoms with Crippen molar-refractivity contribution >= 4 is 58.0 Å². The zero-order chi connectivity index (χ0) is 22.6. The zero-order valence-electron chi connectivity index (χ0n) is 16.3. The Hall–Kier alpha value is -2.77. The Bertz CT molecular complexity index is 1220. The van der Waals surface area contributed by atoms with Gasteiger partial charge in [-0.3, -0.25) is 14.4 Å². The lowest BCUT2D eigenvalue weighted by Gasteiger charge is -2.29. The molecule has 0 aromatic heterocycles. The van der Waals surface area contributed by atoms with Crippen LogP contribution in [0.15, 0.2) is 66.7 Å². The van der Waals surface area contributed by atoms with E-state index in [1.165, 1.54) is 17.2 Å². The van der Waals surface area contributed by atoms with Crippen LogP contribution >= 0.6 is 34.8 Å². The van der Waals surface area contributed by atoms with E-state index in [-0.39, 0.29) is 21.4 Å². The van der Waals surface area contributed by atoms with Crippen molar-refractivity contribution in [2.75, 3.05) is 9.96 Å². The largest absolute Gasteiger partial charge is 0.506 e. The molecule has 32 heavy (non-hydrogen) atoms. The molecular formula is C23H15Cl3N2O4. The molecule has 2 saturated heterocycles. The molecule has 3 aromatic rings. The van der Waals surface area contributed by atoms with Gasteiger partial charge in [0.15, 0.2) is 6.10 Å². The number of anilines is 2. The Kier molecular flexibility index (Phi) is 5.26. The van der Waals surface area contributed by atoms with E-state index in [9.17, 15) is 14.7 Å². The first-order valence-electron chi connectivity index (χ1n) is 9.69. The summed E-state index contributed by atoms with van der Waals surface area (Å²) < 4.78 is 0. The number of phenolic OH excluding ortho intramolecular Hbond substituents is 1. The summed E-state index contributed by atoms with van der Waals surface area (Å²) >= 11 is 18.3. The molecule has 1 N–H and O–H groups in total. The van der Waals surface area contributed by atoms with Crippen molar-refractivity contribution in [1.82, 2.24) is 0 Å². The highest BCUT2D eigenvalue weighted by atomic mass is 35.5. The number of hydroxylamine groups is 1. The molecule has 2 heterocycles. The van der Waals surface area contributed by atoms with Crippen LogP contribution in [0.2, 0.25) is 15.1 Å². The third-order valence-electron chi connectivity index (χ3n) is 5.59. The van der Waals surface area contributed by atoms with E-state index in [1.807, 2.05) is 6.07 Å². The number of hydrogen-bond acceptors (Lipinski definition) is 5. The quantitative estimate of drug-likeness (QED) is 0.499. The zero-order valence-corrected chi connectivity index (χ0v) is 18.6. The topological polar surface area (TPSA) is 70.1 Å². The van der Waals surface area contributed by atoms with Crippen LogP contribution in [0.1, 0.15) is 11.6 Å². The molecule has 0 radical (unpaired) electrons. The van der Waals surface area contributed by atoms with Gasteiger partial charge >= 0.3 is 0 Å². The molecule has 0 saturated carbocycles. The Morgan fingerprint density at radius 2 is 1.50 bits per heavy atom. The van der Waals surface area contributed by atoms with E-state index in [4.69, 9.17) is 39.6 Å². The fourth-order valence-corrected chi connectivity index (χ4v) is 4.82. The molecule has 2 aliphatic rings. The molecule has 2 aliphatic heterocycles. The number of aromatic hydroxyl groups is 1. The molecule has 2 amide bonds. The molecule has 3 aromatic carbocycles. The number of para-hydroxylation sites is 1. The smallest absolute Gasteiger partial charge is 0.266 e. The van der Waals surface area contributed by atoms with E-state index in [1.54, 1.807) is 48.5 Å². The fraction of sp³-hybridized carbons (Fsp3) is 0.130. The molecule has 9 heteroatoms. The molecule has 162 valence electrons. The molecule has 5 rings (SSSR count). The van der Waals surface area contributed by atoms with Crippen molar-refractivity contribution < 1.29 is 19.5 Å². The van der Waals surface area contributed by atoms with Crippen LogP contribution in [0.3, 0.4) is 0 Å². The summed E-state index contributed by atoms with van der Waals surface area (Å²) in [7, 11) is 0. The van der Waals surface area contributed by atoms with E-state index < -0.39 is 29.9 Å². The molecular weight excluding hydrogens is 475 g/mol. The van der Waals surface area contributed by atoms with Crippen LogP contribution in [0.4, 0.5) is 11.4 Å². The fourth-order valence-electron chi connectivity index (χ4n) is 4.19. The van der Waals surface area contributed by atoms with Gasteiger partial charge in [0.2, 0.25) is 5.91 Å². The van der Waals surface area contributed by atoms with Crippen molar-refractivity contribution in [1.29, 1.82) is 0 Å². The average Bonchev–Trinajstić information content (AvgIpc) is 3.28. The highest BCUT2D eigenvalue weighted by molar-refractivity contribution is 6.35. The van der Waals surface area contributed by atoms with Gasteiger partial charge in [-0.2, -0.15) is 0 Å². The summed E-state index contributed by atoms with van der Waals surface area (Å²) in [5.41, 5.74) is 1.29. The SMILES string of the molecule is O=C1C2ON(c3ccccc3)C(c3cc(Cl)cc(Cl)c3O)C2C(=O)N1c1ccc(Cl)cc1. The van der Waals surface area contributed by atoms with E-state index in [0.29, 0.717) is 16.4 Å². The van der Waals surface area contributed by atoms with Crippen LogP contribution < -0.4 is 9.96 Å². The third-order valence-corrected chi connectivity index (χ3v) is 6.35. The predicted molar refractivity (Wildman–Crippen MR) is 122 cm³/mol. The van der Waals surface area contributed by atoms with Crippen molar-refractivity contribution in [3.63, 3.8) is 0 Å². The average molecular weight is 490 g/mol. The second kappa shape index (κ2) is 7.98. The maximum atomic E-state index is 13.5. The van der Waals surface area contributed by atoms with Gasteiger partial charge in [0.25, 0.3) is 5.91 Å². The predicted octanol–water partition coefficient (Wildman–Crippen LogP) is 5.40. The summed E-state index contributed by atoms with van der Waals surface area (Å²) in [6.07, 6.45) is -1.08. The van der Waals surface area contributed by atoms with Crippen molar-refractivity contribution in [3.05, 3.63) is 87.4 Å². The molecule has 2 fully saturated rings. The van der Waals surface area contributed by atoms with E-state index in [2.05, 4.69) is 0 Å². The first kappa shape index (κ1) is 21.1. The maximum Gasteiger partial charge on any atom is 0.266 e. The van der Waals surface area contributed by atoms with Crippen LogP contribution in [0, 0.1) is 5.92 Å². The Balaban J connectivity index is 1.64. The highest BCUT2D eigenvalue weighted by Gasteiger charge is 2.60.